The Kier molecular flexibility index (Phi) is 8.30. The number of rotatable bonds is 8. The van der Waals surface area contributed by atoms with Gasteiger partial charge in [-0.05, 0) is 118 Å². The van der Waals surface area contributed by atoms with E-state index in [-0.39, 0.29) is 0 Å². The van der Waals surface area contributed by atoms with E-state index in [2.05, 4.69) is 230 Å². The molecule has 0 aliphatic carbocycles. The smallest absolute Gasteiger partial charge is 0.0540 e. The molecule has 2 heteroatoms. The first-order chi connectivity index (χ1) is 27.6. The summed E-state index contributed by atoms with van der Waals surface area (Å²) in [5, 5.41) is 10.1. The molecule has 10 rings (SSSR count). The molecule has 0 bridgehead atoms. The number of benzene rings is 10. The Labute approximate surface area is 328 Å². The Bertz CT molecular complexity index is 2980. The molecule has 0 aromatic heterocycles. The van der Waals surface area contributed by atoms with Gasteiger partial charge in [-0.25, -0.2) is 0 Å². The molecule has 0 saturated heterocycles. The number of anilines is 6. The fraction of sp³-hybridized carbons (Fsp3) is 0.0370. The maximum absolute atomic E-state index is 2.41. The van der Waals surface area contributed by atoms with Crippen molar-refractivity contribution in [2.75, 3.05) is 9.80 Å². The summed E-state index contributed by atoms with van der Waals surface area (Å²) >= 11 is 0. The summed E-state index contributed by atoms with van der Waals surface area (Å²) in [6, 6.07) is 70.8. The summed E-state index contributed by atoms with van der Waals surface area (Å²) in [7, 11) is 0. The average molecular weight is 717 g/mol. The Balaban J connectivity index is 1.16. The van der Waals surface area contributed by atoms with Gasteiger partial charge in [0, 0.05) is 33.5 Å². The maximum atomic E-state index is 2.41. The van der Waals surface area contributed by atoms with Crippen molar-refractivity contribution in [2.24, 2.45) is 0 Å². The third kappa shape index (κ3) is 5.84. The van der Waals surface area contributed by atoms with E-state index in [0.717, 1.165) is 34.0 Å². The fourth-order valence-electron chi connectivity index (χ4n) is 8.38. The van der Waals surface area contributed by atoms with Crippen LogP contribution >= 0.6 is 0 Å². The molecule has 0 radical (unpaired) electrons. The van der Waals surface area contributed by atoms with Gasteiger partial charge in [-0.3, -0.25) is 0 Å². The van der Waals surface area contributed by atoms with Crippen LogP contribution in [0, 0.1) is 13.8 Å². The van der Waals surface area contributed by atoms with E-state index in [1.165, 1.54) is 65.5 Å². The SMILES string of the molecule is Cc1ccc(N(c2ccccc2)c2ccc3c4cccc5c(N(c6ccc(C)cc6)c6ccc(C=Cc7ccccc7)cc6)ccc(c6cccc2c63)c54)cc1. The van der Waals surface area contributed by atoms with Crippen molar-refractivity contribution in [3.05, 3.63) is 216 Å². The van der Waals surface area contributed by atoms with Crippen molar-refractivity contribution in [1.82, 2.24) is 0 Å². The van der Waals surface area contributed by atoms with Gasteiger partial charge < -0.3 is 9.80 Å². The predicted octanol–water partition coefficient (Wildman–Crippen LogP) is 15.5. The molecule has 10 aromatic carbocycles. The standard InChI is InChI=1S/C54H40N2/c1-37-19-27-42(28-20-37)55(41-13-7-4-8-14-41)51-35-33-47-46-16-10-18-50-52(36-34-48(54(46)50)45-15-9-17-49(51)53(45)47)56(43-29-21-38(2)22-30-43)44-31-25-40(26-32-44)24-23-39-11-5-3-6-12-39/h3-36H,1-2H3. The van der Waals surface area contributed by atoms with Crippen LogP contribution in [0.15, 0.2) is 194 Å². The van der Waals surface area contributed by atoms with Crippen molar-refractivity contribution in [3.8, 4) is 0 Å². The minimum Gasteiger partial charge on any atom is -0.310 e. The van der Waals surface area contributed by atoms with Gasteiger partial charge in [0.25, 0.3) is 0 Å². The van der Waals surface area contributed by atoms with Crippen LogP contribution in [0.1, 0.15) is 22.3 Å². The summed E-state index contributed by atoms with van der Waals surface area (Å²) in [5.41, 5.74) is 11.7. The number of aryl methyl sites for hydroxylation is 2. The Morgan fingerprint density at radius 3 is 1.11 bits per heavy atom. The maximum Gasteiger partial charge on any atom is 0.0540 e. The zero-order valence-corrected chi connectivity index (χ0v) is 31.5. The number of hydrogen-bond acceptors (Lipinski definition) is 2. The van der Waals surface area contributed by atoms with Crippen molar-refractivity contribution >= 4 is 89.4 Å². The molecular weight excluding hydrogens is 677 g/mol. The summed E-state index contributed by atoms with van der Waals surface area (Å²) in [6.07, 6.45) is 4.35. The summed E-state index contributed by atoms with van der Waals surface area (Å²) in [5.74, 6) is 0. The highest BCUT2D eigenvalue weighted by Crippen LogP contribution is 2.48. The number of fused-ring (bicyclic) bond motifs is 2. The fourth-order valence-corrected chi connectivity index (χ4v) is 8.38. The number of nitrogens with zero attached hydrogens (tertiary/aromatic N) is 2. The van der Waals surface area contributed by atoms with Gasteiger partial charge in [-0.2, -0.15) is 0 Å². The highest BCUT2D eigenvalue weighted by Gasteiger charge is 2.22. The first-order valence-electron chi connectivity index (χ1n) is 19.3. The molecule has 0 atom stereocenters. The van der Waals surface area contributed by atoms with E-state index in [1.807, 2.05) is 0 Å². The lowest BCUT2D eigenvalue weighted by molar-refractivity contribution is 1.29. The molecule has 0 fully saturated rings. The Morgan fingerprint density at radius 2 is 0.643 bits per heavy atom. The van der Waals surface area contributed by atoms with Crippen LogP contribution in [-0.4, -0.2) is 0 Å². The van der Waals surface area contributed by atoms with Crippen LogP contribution in [0.25, 0.3) is 55.2 Å². The first-order valence-corrected chi connectivity index (χ1v) is 19.3. The molecular formula is C54H40N2. The van der Waals surface area contributed by atoms with E-state index in [0.29, 0.717) is 0 Å². The normalized spacial score (nSPS) is 11.7. The molecule has 0 N–H and O–H groups in total. The zero-order chi connectivity index (χ0) is 37.6. The van der Waals surface area contributed by atoms with E-state index in [4.69, 9.17) is 0 Å². The quantitative estimate of drug-likeness (QED) is 0.0877. The van der Waals surface area contributed by atoms with Gasteiger partial charge in [-0.15, -0.1) is 0 Å². The molecule has 56 heavy (non-hydrogen) atoms. The molecule has 10 aromatic rings. The van der Waals surface area contributed by atoms with Crippen molar-refractivity contribution in [1.29, 1.82) is 0 Å². The minimum absolute atomic E-state index is 1.12. The third-order valence-electron chi connectivity index (χ3n) is 11.1. The van der Waals surface area contributed by atoms with Crippen LogP contribution in [-0.2, 0) is 0 Å². The highest BCUT2D eigenvalue weighted by molar-refractivity contribution is 6.35. The topological polar surface area (TPSA) is 6.48 Å². The van der Waals surface area contributed by atoms with E-state index >= 15 is 0 Å². The van der Waals surface area contributed by atoms with Crippen LogP contribution in [0.4, 0.5) is 34.1 Å². The van der Waals surface area contributed by atoms with Crippen molar-refractivity contribution < 1.29 is 0 Å². The molecule has 2 nitrogen and oxygen atoms in total. The predicted molar refractivity (Wildman–Crippen MR) is 242 cm³/mol. The van der Waals surface area contributed by atoms with Gasteiger partial charge in [0.2, 0.25) is 0 Å². The molecule has 0 saturated carbocycles. The summed E-state index contributed by atoms with van der Waals surface area (Å²) in [4.78, 5) is 4.80. The second kappa shape index (κ2) is 13.9. The lowest BCUT2D eigenvalue weighted by Crippen LogP contribution is -2.11. The Hall–Kier alpha value is -7.16. The van der Waals surface area contributed by atoms with E-state index < -0.39 is 0 Å². The molecule has 0 unspecified atom stereocenters. The van der Waals surface area contributed by atoms with Crippen molar-refractivity contribution in [2.45, 2.75) is 13.8 Å². The molecule has 0 aliphatic heterocycles. The third-order valence-corrected chi connectivity index (χ3v) is 11.1. The first kappa shape index (κ1) is 33.4. The largest absolute Gasteiger partial charge is 0.310 e. The van der Waals surface area contributed by atoms with Crippen LogP contribution in [0.3, 0.4) is 0 Å². The Morgan fingerprint density at radius 1 is 0.286 bits per heavy atom. The molecule has 0 heterocycles. The lowest BCUT2D eigenvalue weighted by atomic mass is 9.88. The van der Waals surface area contributed by atoms with E-state index in [1.54, 1.807) is 0 Å². The average Bonchev–Trinajstić information content (AvgIpc) is 3.25. The van der Waals surface area contributed by atoms with Gasteiger partial charge in [0.1, 0.15) is 0 Å². The molecule has 0 spiro atoms. The number of hydrogen-bond donors (Lipinski definition) is 0. The van der Waals surface area contributed by atoms with Crippen molar-refractivity contribution in [3.63, 3.8) is 0 Å². The zero-order valence-electron chi connectivity index (χ0n) is 31.5. The van der Waals surface area contributed by atoms with Gasteiger partial charge in [0.05, 0.1) is 11.4 Å². The van der Waals surface area contributed by atoms with Gasteiger partial charge >= 0.3 is 0 Å². The molecule has 266 valence electrons. The minimum atomic E-state index is 1.12. The van der Waals surface area contributed by atoms with Gasteiger partial charge in [0.15, 0.2) is 0 Å². The molecule has 0 amide bonds. The summed E-state index contributed by atoms with van der Waals surface area (Å²) < 4.78 is 0. The monoisotopic (exact) mass is 716 g/mol. The number of para-hydroxylation sites is 1. The van der Waals surface area contributed by atoms with Crippen LogP contribution in [0.5, 0.6) is 0 Å². The second-order valence-corrected chi connectivity index (χ2v) is 14.7. The summed E-state index contributed by atoms with van der Waals surface area (Å²) in [6.45, 7) is 4.29. The van der Waals surface area contributed by atoms with Crippen LogP contribution < -0.4 is 9.80 Å². The highest BCUT2D eigenvalue weighted by atomic mass is 15.1. The molecule has 0 aliphatic rings. The van der Waals surface area contributed by atoms with Gasteiger partial charge in [-0.1, -0.05) is 157 Å². The van der Waals surface area contributed by atoms with E-state index in [9.17, 15) is 0 Å². The van der Waals surface area contributed by atoms with Crippen LogP contribution in [0.2, 0.25) is 0 Å². The lowest BCUT2D eigenvalue weighted by Gasteiger charge is -2.29. The second-order valence-electron chi connectivity index (χ2n) is 14.7.